The molecule has 2 atom stereocenters. The summed E-state index contributed by atoms with van der Waals surface area (Å²) in [7, 11) is 0. The first-order valence-corrected chi connectivity index (χ1v) is 12.8. The summed E-state index contributed by atoms with van der Waals surface area (Å²) in [5, 5.41) is 12.2. The molecule has 0 saturated carbocycles. The number of nitrogen functional groups attached to an aromatic ring is 1. The van der Waals surface area contributed by atoms with Gasteiger partial charge in [0.1, 0.15) is 6.04 Å². The SMILES string of the molecule is C/C=C\C(=C/C(C)CN(c1nc(SC)nc(N)c1[N+](=O)[O-])C(C)C(=O)OCC)CN1CCCC1. The maximum absolute atomic E-state index is 12.7. The fraction of sp³-hybridized carbons (Fsp3) is 0.609. The zero-order valence-corrected chi connectivity index (χ0v) is 21.5. The molecule has 0 spiro atoms. The van der Waals surface area contributed by atoms with Gasteiger partial charge in [0, 0.05) is 13.1 Å². The Hall–Kier alpha value is -2.66. The zero-order chi connectivity index (χ0) is 25.3. The number of aromatic nitrogens is 2. The van der Waals surface area contributed by atoms with Crippen LogP contribution in [0.1, 0.15) is 40.5 Å². The Labute approximate surface area is 205 Å². The maximum Gasteiger partial charge on any atom is 0.353 e. The topological polar surface area (TPSA) is 128 Å². The Bertz CT molecular complexity index is 917. The smallest absolute Gasteiger partial charge is 0.353 e. The molecule has 0 aromatic carbocycles. The monoisotopic (exact) mass is 492 g/mol. The van der Waals surface area contributed by atoms with Crippen LogP contribution in [0.25, 0.3) is 0 Å². The fourth-order valence-electron chi connectivity index (χ4n) is 4.03. The van der Waals surface area contributed by atoms with Gasteiger partial charge in [-0.1, -0.05) is 36.9 Å². The average molecular weight is 493 g/mol. The van der Waals surface area contributed by atoms with E-state index >= 15 is 0 Å². The minimum absolute atomic E-state index is 0.0229. The average Bonchev–Trinajstić information content (AvgIpc) is 3.29. The summed E-state index contributed by atoms with van der Waals surface area (Å²) in [6, 6.07) is -0.803. The van der Waals surface area contributed by atoms with E-state index in [-0.39, 0.29) is 24.2 Å². The molecule has 1 aliphatic rings. The van der Waals surface area contributed by atoms with Crippen molar-refractivity contribution in [2.45, 2.75) is 51.7 Å². The third kappa shape index (κ3) is 7.42. The van der Waals surface area contributed by atoms with Gasteiger partial charge < -0.3 is 15.4 Å². The van der Waals surface area contributed by atoms with Gasteiger partial charge in [0.05, 0.1) is 11.5 Å². The fourth-order valence-corrected chi connectivity index (χ4v) is 4.39. The lowest BCUT2D eigenvalue weighted by molar-refractivity contribution is -0.383. The quantitative estimate of drug-likeness (QED) is 0.115. The van der Waals surface area contributed by atoms with E-state index in [0.717, 1.165) is 19.6 Å². The van der Waals surface area contributed by atoms with Crippen LogP contribution >= 0.6 is 11.8 Å². The number of ether oxygens (including phenoxy) is 1. The highest BCUT2D eigenvalue weighted by Crippen LogP contribution is 2.34. The number of allylic oxidation sites excluding steroid dienone is 1. The molecular formula is C23H36N6O4S. The van der Waals surface area contributed by atoms with Gasteiger partial charge in [0.25, 0.3) is 0 Å². The van der Waals surface area contributed by atoms with Gasteiger partial charge in [-0.25, -0.2) is 4.79 Å². The molecule has 0 aliphatic carbocycles. The predicted octanol–water partition coefficient (Wildman–Crippen LogP) is 3.68. The summed E-state index contributed by atoms with van der Waals surface area (Å²) in [5.41, 5.74) is 6.70. The van der Waals surface area contributed by atoms with Crippen molar-refractivity contribution in [3.05, 3.63) is 33.9 Å². The normalized spacial score (nSPS) is 16.6. The summed E-state index contributed by atoms with van der Waals surface area (Å²) >= 11 is 1.22. The highest BCUT2D eigenvalue weighted by atomic mass is 32.2. The van der Waals surface area contributed by atoms with Crippen LogP contribution in [0.15, 0.2) is 29.0 Å². The molecule has 2 rings (SSSR count). The van der Waals surface area contributed by atoms with E-state index in [1.807, 2.05) is 19.9 Å². The van der Waals surface area contributed by atoms with Crippen molar-refractivity contribution < 1.29 is 14.5 Å². The first-order valence-electron chi connectivity index (χ1n) is 11.6. The van der Waals surface area contributed by atoms with Crippen molar-refractivity contribution in [3.8, 4) is 0 Å². The van der Waals surface area contributed by atoms with Gasteiger partial charge >= 0.3 is 11.7 Å². The van der Waals surface area contributed by atoms with Crippen LogP contribution in [0.5, 0.6) is 0 Å². The molecule has 1 saturated heterocycles. The summed E-state index contributed by atoms with van der Waals surface area (Å²) in [5.74, 6) is -0.733. The molecule has 11 heteroatoms. The molecule has 1 aromatic rings. The van der Waals surface area contributed by atoms with Gasteiger partial charge in [0.15, 0.2) is 5.16 Å². The molecular weight excluding hydrogens is 456 g/mol. The summed E-state index contributed by atoms with van der Waals surface area (Å²) in [6.07, 6.45) is 10.4. The standard InChI is InChI=1S/C23H36N6O4S/c1-6-10-18(15-27-11-8-9-12-27)13-16(3)14-28(17(4)22(30)33-7-2)21-19(29(31)32)20(24)25-23(26-21)34-5/h6,10,13,16-17H,7-9,11-12,14-15H2,1-5H3,(H2,24,25,26)/b10-6-,18-13+. The molecule has 10 nitrogen and oxygen atoms in total. The van der Waals surface area contributed by atoms with E-state index in [9.17, 15) is 14.9 Å². The zero-order valence-electron chi connectivity index (χ0n) is 20.7. The van der Waals surface area contributed by atoms with E-state index in [0.29, 0.717) is 11.7 Å². The van der Waals surface area contributed by atoms with Crippen LogP contribution in [-0.4, -0.2) is 70.8 Å². The molecule has 1 fully saturated rings. The summed E-state index contributed by atoms with van der Waals surface area (Å²) in [6.45, 7) is 10.9. The number of nitro groups is 1. The van der Waals surface area contributed by atoms with Crippen LogP contribution in [0, 0.1) is 16.0 Å². The van der Waals surface area contributed by atoms with E-state index in [2.05, 4.69) is 27.0 Å². The van der Waals surface area contributed by atoms with Gasteiger partial charge in [-0.15, -0.1) is 0 Å². The van der Waals surface area contributed by atoms with Crippen LogP contribution in [-0.2, 0) is 9.53 Å². The Morgan fingerprint density at radius 1 is 1.35 bits per heavy atom. The number of carbonyl (C=O) groups is 1. The molecule has 2 heterocycles. The first-order chi connectivity index (χ1) is 16.2. The Morgan fingerprint density at radius 2 is 2.03 bits per heavy atom. The molecule has 2 N–H and O–H groups in total. The lowest BCUT2D eigenvalue weighted by atomic mass is 10.0. The Kier molecular flexibility index (Phi) is 10.8. The van der Waals surface area contributed by atoms with Gasteiger partial charge in [-0.05, 0) is 64.4 Å². The van der Waals surface area contributed by atoms with Crippen LogP contribution in [0.3, 0.4) is 0 Å². The van der Waals surface area contributed by atoms with Crippen LogP contribution in [0.4, 0.5) is 17.3 Å². The number of hydrogen-bond donors (Lipinski definition) is 1. The highest BCUT2D eigenvalue weighted by Gasteiger charge is 2.33. The maximum atomic E-state index is 12.7. The van der Waals surface area contributed by atoms with Crippen molar-refractivity contribution >= 4 is 35.1 Å². The van der Waals surface area contributed by atoms with E-state index < -0.39 is 22.6 Å². The number of likely N-dealkylation sites (tertiary alicyclic amines) is 1. The lowest BCUT2D eigenvalue weighted by Crippen LogP contribution is -2.43. The van der Waals surface area contributed by atoms with Crippen molar-refractivity contribution in [3.63, 3.8) is 0 Å². The van der Waals surface area contributed by atoms with Crippen LogP contribution in [0.2, 0.25) is 0 Å². The molecule has 34 heavy (non-hydrogen) atoms. The third-order valence-electron chi connectivity index (χ3n) is 5.57. The number of thioether (sulfide) groups is 1. The molecule has 1 aromatic heterocycles. The minimum Gasteiger partial charge on any atom is -0.464 e. The Balaban J connectivity index is 2.46. The number of nitrogens with zero attached hydrogens (tertiary/aromatic N) is 5. The molecule has 0 radical (unpaired) electrons. The van der Waals surface area contributed by atoms with E-state index in [1.165, 1.54) is 30.2 Å². The molecule has 2 unspecified atom stereocenters. The van der Waals surface area contributed by atoms with Crippen molar-refractivity contribution in [1.82, 2.24) is 14.9 Å². The van der Waals surface area contributed by atoms with Crippen LogP contribution < -0.4 is 10.6 Å². The van der Waals surface area contributed by atoms with Crippen molar-refractivity contribution in [1.29, 1.82) is 0 Å². The number of rotatable bonds is 12. The third-order valence-corrected chi connectivity index (χ3v) is 6.12. The van der Waals surface area contributed by atoms with Gasteiger partial charge in [0.2, 0.25) is 11.6 Å². The number of anilines is 2. The number of esters is 1. The second kappa shape index (κ2) is 13.3. The van der Waals surface area contributed by atoms with Crippen molar-refractivity contribution in [2.75, 3.05) is 49.7 Å². The predicted molar refractivity (Wildman–Crippen MR) is 136 cm³/mol. The number of carbonyl (C=O) groups excluding carboxylic acids is 1. The van der Waals surface area contributed by atoms with E-state index in [4.69, 9.17) is 10.5 Å². The largest absolute Gasteiger partial charge is 0.464 e. The second-order valence-electron chi connectivity index (χ2n) is 8.31. The molecule has 0 bridgehead atoms. The van der Waals surface area contributed by atoms with Crippen molar-refractivity contribution in [2.24, 2.45) is 5.92 Å². The minimum atomic E-state index is -0.803. The number of nitrogens with two attached hydrogens (primary N) is 1. The lowest BCUT2D eigenvalue weighted by Gasteiger charge is -2.30. The number of hydrogen-bond acceptors (Lipinski definition) is 10. The first kappa shape index (κ1) is 27.6. The second-order valence-corrected chi connectivity index (χ2v) is 9.08. The molecule has 1 aliphatic heterocycles. The van der Waals surface area contributed by atoms with E-state index in [1.54, 1.807) is 25.0 Å². The highest BCUT2D eigenvalue weighted by molar-refractivity contribution is 7.98. The summed E-state index contributed by atoms with van der Waals surface area (Å²) < 4.78 is 5.22. The van der Waals surface area contributed by atoms with Gasteiger partial charge in [-0.2, -0.15) is 9.97 Å². The Morgan fingerprint density at radius 3 is 2.59 bits per heavy atom. The van der Waals surface area contributed by atoms with Gasteiger partial charge in [-0.3, -0.25) is 15.0 Å². The molecule has 188 valence electrons. The summed E-state index contributed by atoms with van der Waals surface area (Å²) in [4.78, 5) is 36.4. The molecule has 0 amide bonds.